The van der Waals surface area contributed by atoms with Gasteiger partial charge in [0.05, 0.1) is 0 Å². The maximum absolute atomic E-state index is 12.9. The average molecular weight is 376 g/mol. The monoisotopic (exact) mass is 376 g/mol. The van der Waals surface area contributed by atoms with Gasteiger partial charge in [-0.25, -0.2) is 4.98 Å². The predicted molar refractivity (Wildman–Crippen MR) is 103 cm³/mol. The molecular formula is C20H16N4O2S. The largest absolute Gasteiger partial charge is 0.411 e. The molecule has 0 radical (unpaired) electrons. The molecule has 2 aromatic heterocycles. The molecule has 4 rings (SSSR count). The van der Waals surface area contributed by atoms with Crippen molar-refractivity contribution in [3.05, 3.63) is 82.4 Å². The Morgan fingerprint density at radius 2 is 1.74 bits per heavy atom. The van der Waals surface area contributed by atoms with Gasteiger partial charge in [-0.3, -0.25) is 9.36 Å². The van der Waals surface area contributed by atoms with Gasteiger partial charge >= 0.3 is 0 Å². The maximum atomic E-state index is 12.9. The van der Waals surface area contributed by atoms with Crippen LogP contribution in [0, 0.1) is 13.8 Å². The third-order valence-electron chi connectivity index (χ3n) is 3.91. The minimum Gasteiger partial charge on any atom is -0.411 e. The Morgan fingerprint density at radius 1 is 1.00 bits per heavy atom. The van der Waals surface area contributed by atoms with Crippen molar-refractivity contribution in [1.82, 2.24) is 19.7 Å². The van der Waals surface area contributed by atoms with E-state index in [0.29, 0.717) is 5.89 Å². The molecule has 0 bridgehead atoms. The summed E-state index contributed by atoms with van der Waals surface area (Å²) in [5.41, 5.74) is 3.58. The Hall–Kier alpha value is -3.19. The van der Waals surface area contributed by atoms with Crippen molar-refractivity contribution in [2.24, 2.45) is 0 Å². The lowest BCUT2D eigenvalue weighted by atomic mass is 10.1. The van der Waals surface area contributed by atoms with E-state index in [9.17, 15) is 4.79 Å². The van der Waals surface area contributed by atoms with E-state index < -0.39 is 0 Å². The smallest absolute Gasteiger partial charge is 0.288 e. The lowest BCUT2D eigenvalue weighted by Crippen LogP contribution is -2.20. The number of nitrogens with zero attached hydrogens (tertiary/aromatic N) is 4. The van der Waals surface area contributed by atoms with E-state index >= 15 is 0 Å². The van der Waals surface area contributed by atoms with Crippen molar-refractivity contribution >= 4 is 11.8 Å². The standard InChI is InChI=1S/C20H16N4O2S/c1-13-10-14(2)12-16(11-13)24-9-8-21-18(19(24)25)27-20-23-22-17(26-20)15-6-4-3-5-7-15/h3-12H,1-2H3. The van der Waals surface area contributed by atoms with Crippen molar-refractivity contribution in [1.29, 1.82) is 0 Å². The first-order chi connectivity index (χ1) is 13.1. The van der Waals surface area contributed by atoms with Crippen LogP contribution in [0.4, 0.5) is 0 Å². The summed E-state index contributed by atoms with van der Waals surface area (Å²) in [6.45, 7) is 4.00. The molecule has 0 fully saturated rings. The molecule has 2 heterocycles. The van der Waals surface area contributed by atoms with Crippen LogP contribution in [0.5, 0.6) is 0 Å². The maximum Gasteiger partial charge on any atom is 0.288 e. The van der Waals surface area contributed by atoms with Crippen LogP contribution in [-0.2, 0) is 0 Å². The minimum absolute atomic E-state index is 0.230. The molecule has 0 aliphatic carbocycles. The lowest BCUT2D eigenvalue weighted by Gasteiger charge is -2.08. The zero-order chi connectivity index (χ0) is 18.8. The zero-order valence-electron chi connectivity index (χ0n) is 14.8. The molecule has 0 unspecified atom stereocenters. The van der Waals surface area contributed by atoms with Gasteiger partial charge in [0, 0.05) is 23.6 Å². The molecule has 27 heavy (non-hydrogen) atoms. The third kappa shape index (κ3) is 3.68. The van der Waals surface area contributed by atoms with E-state index in [1.807, 2.05) is 56.3 Å². The summed E-state index contributed by atoms with van der Waals surface area (Å²) in [6.07, 6.45) is 3.25. The highest BCUT2D eigenvalue weighted by molar-refractivity contribution is 7.99. The number of aryl methyl sites for hydroxylation is 2. The number of benzene rings is 2. The number of rotatable bonds is 4. The summed E-state index contributed by atoms with van der Waals surface area (Å²) < 4.78 is 7.24. The molecule has 2 aromatic carbocycles. The first-order valence-corrected chi connectivity index (χ1v) is 9.15. The van der Waals surface area contributed by atoms with Crippen LogP contribution in [-0.4, -0.2) is 19.7 Å². The topological polar surface area (TPSA) is 73.8 Å². The molecule has 0 atom stereocenters. The van der Waals surface area contributed by atoms with Crippen LogP contribution in [0.2, 0.25) is 0 Å². The summed E-state index contributed by atoms with van der Waals surface area (Å²) in [7, 11) is 0. The van der Waals surface area contributed by atoms with Crippen molar-refractivity contribution in [2.45, 2.75) is 24.1 Å². The Bertz CT molecular complexity index is 1130. The molecule has 0 N–H and O–H groups in total. The highest BCUT2D eigenvalue weighted by Crippen LogP contribution is 2.26. The fourth-order valence-corrected chi connectivity index (χ4v) is 3.45. The Kier molecular flexibility index (Phi) is 4.60. The van der Waals surface area contributed by atoms with Gasteiger partial charge in [-0.15, -0.1) is 10.2 Å². The van der Waals surface area contributed by atoms with E-state index in [4.69, 9.17) is 4.42 Å². The number of hydrogen-bond donors (Lipinski definition) is 0. The SMILES string of the molecule is Cc1cc(C)cc(-n2ccnc(Sc3nnc(-c4ccccc4)o3)c2=O)c1. The predicted octanol–water partition coefficient (Wildman–Crippen LogP) is 4.05. The fourth-order valence-electron chi connectivity index (χ4n) is 2.79. The van der Waals surface area contributed by atoms with Crippen LogP contribution >= 0.6 is 11.8 Å². The van der Waals surface area contributed by atoms with Gasteiger partial charge in [0.1, 0.15) is 0 Å². The Morgan fingerprint density at radius 3 is 2.48 bits per heavy atom. The van der Waals surface area contributed by atoms with Gasteiger partial charge in [0.15, 0.2) is 5.03 Å². The van der Waals surface area contributed by atoms with E-state index in [2.05, 4.69) is 21.2 Å². The summed E-state index contributed by atoms with van der Waals surface area (Å²) >= 11 is 1.06. The van der Waals surface area contributed by atoms with Gasteiger partial charge < -0.3 is 4.42 Å². The molecule has 7 heteroatoms. The van der Waals surface area contributed by atoms with E-state index in [1.165, 1.54) is 0 Å². The van der Waals surface area contributed by atoms with E-state index in [1.54, 1.807) is 17.0 Å². The van der Waals surface area contributed by atoms with Crippen LogP contribution < -0.4 is 5.56 Å². The van der Waals surface area contributed by atoms with Crippen LogP contribution in [0.3, 0.4) is 0 Å². The minimum atomic E-state index is -0.230. The molecule has 0 aliphatic heterocycles. The molecular weight excluding hydrogens is 360 g/mol. The highest BCUT2D eigenvalue weighted by Gasteiger charge is 2.14. The average Bonchev–Trinajstić information content (AvgIpc) is 3.12. The van der Waals surface area contributed by atoms with Crippen LogP contribution in [0.15, 0.2) is 80.4 Å². The number of hydrogen-bond acceptors (Lipinski definition) is 6. The molecule has 6 nitrogen and oxygen atoms in total. The van der Waals surface area contributed by atoms with Gasteiger partial charge in [-0.2, -0.15) is 0 Å². The molecule has 0 spiro atoms. The molecule has 134 valence electrons. The quantitative estimate of drug-likeness (QED) is 0.535. The second kappa shape index (κ2) is 7.20. The summed E-state index contributed by atoms with van der Waals surface area (Å²) in [4.78, 5) is 17.1. The van der Waals surface area contributed by atoms with Crippen molar-refractivity contribution in [2.75, 3.05) is 0 Å². The molecule has 0 saturated carbocycles. The normalized spacial score (nSPS) is 10.9. The molecule has 0 amide bonds. The van der Waals surface area contributed by atoms with Crippen molar-refractivity contribution < 1.29 is 4.42 Å². The molecule has 0 aliphatic rings. The van der Waals surface area contributed by atoms with E-state index in [0.717, 1.165) is 34.1 Å². The van der Waals surface area contributed by atoms with Crippen molar-refractivity contribution in [3.8, 4) is 17.1 Å². The second-order valence-electron chi connectivity index (χ2n) is 6.09. The Balaban J connectivity index is 1.66. The zero-order valence-corrected chi connectivity index (χ0v) is 15.6. The molecule has 0 saturated heterocycles. The summed E-state index contributed by atoms with van der Waals surface area (Å²) in [5, 5.41) is 8.61. The third-order valence-corrected chi connectivity index (χ3v) is 4.72. The fraction of sp³-hybridized carbons (Fsp3) is 0.100. The summed E-state index contributed by atoms with van der Waals surface area (Å²) in [6, 6.07) is 15.5. The van der Waals surface area contributed by atoms with Crippen LogP contribution in [0.1, 0.15) is 11.1 Å². The Labute approximate surface area is 159 Å². The van der Waals surface area contributed by atoms with Crippen LogP contribution in [0.25, 0.3) is 17.1 Å². The molecule has 4 aromatic rings. The van der Waals surface area contributed by atoms with E-state index in [-0.39, 0.29) is 15.8 Å². The van der Waals surface area contributed by atoms with Gasteiger partial charge in [-0.05, 0) is 61.0 Å². The van der Waals surface area contributed by atoms with Gasteiger partial charge in [0.25, 0.3) is 10.8 Å². The van der Waals surface area contributed by atoms with Crippen molar-refractivity contribution in [3.63, 3.8) is 0 Å². The second-order valence-corrected chi connectivity index (χ2v) is 7.03. The number of aromatic nitrogens is 4. The lowest BCUT2D eigenvalue weighted by molar-refractivity contribution is 0.465. The summed E-state index contributed by atoms with van der Waals surface area (Å²) in [5.74, 6) is 0.406. The van der Waals surface area contributed by atoms with Gasteiger partial charge in [-0.1, -0.05) is 24.3 Å². The van der Waals surface area contributed by atoms with Gasteiger partial charge in [0.2, 0.25) is 5.89 Å². The highest BCUT2D eigenvalue weighted by atomic mass is 32.2. The first-order valence-electron chi connectivity index (χ1n) is 8.33. The first kappa shape index (κ1) is 17.2.